The molecule has 0 radical (unpaired) electrons. The highest BCUT2D eigenvalue weighted by Gasteiger charge is 2.12. The predicted octanol–water partition coefficient (Wildman–Crippen LogP) is 3.49. The zero-order chi connectivity index (χ0) is 12.0. The van der Waals surface area contributed by atoms with Crippen LogP contribution in [0.2, 0.25) is 0 Å². The molecule has 0 saturated heterocycles. The van der Waals surface area contributed by atoms with Crippen LogP contribution in [0.5, 0.6) is 0 Å². The number of thiazole rings is 1. The summed E-state index contributed by atoms with van der Waals surface area (Å²) in [5.41, 5.74) is 13.4. The Labute approximate surface area is 103 Å². The maximum absolute atomic E-state index is 5.93. The quantitative estimate of drug-likeness (QED) is 0.687. The van der Waals surface area contributed by atoms with Gasteiger partial charge in [-0.15, -0.1) is 11.3 Å². The predicted molar refractivity (Wildman–Crippen MR) is 73.3 cm³/mol. The molecule has 0 bridgehead atoms. The van der Waals surface area contributed by atoms with Crippen LogP contribution in [-0.2, 0) is 0 Å². The molecule has 3 rings (SSSR count). The number of aromatic nitrogens is 2. The number of H-pyrrole nitrogens is 1. The van der Waals surface area contributed by atoms with Gasteiger partial charge in [0.15, 0.2) is 0 Å². The van der Waals surface area contributed by atoms with Crippen molar-refractivity contribution in [1.82, 2.24) is 9.97 Å². The highest BCUT2D eigenvalue weighted by molar-refractivity contribution is 7.14. The molecule has 3 N–H and O–H groups in total. The van der Waals surface area contributed by atoms with E-state index >= 15 is 0 Å². The van der Waals surface area contributed by atoms with Crippen molar-refractivity contribution in [3.63, 3.8) is 0 Å². The fourth-order valence-electron chi connectivity index (χ4n) is 2.10. The lowest BCUT2D eigenvalue weighted by Gasteiger charge is -2.02. The summed E-state index contributed by atoms with van der Waals surface area (Å²) < 4.78 is 0. The topological polar surface area (TPSA) is 54.7 Å². The average Bonchev–Trinajstić information content (AvgIpc) is 2.89. The van der Waals surface area contributed by atoms with Crippen LogP contribution in [0.1, 0.15) is 11.1 Å². The van der Waals surface area contributed by atoms with E-state index in [1.165, 1.54) is 33.4 Å². The molecule has 3 nitrogen and oxygen atoms in total. The molecule has 2 heterocycles. The van der Waals surface area contributed by atoms with Gasteiger partial charge in [0.2, 0.25) is 0 Å². The van der Waals surface area contributed by atoms with Gasteiger partial charge in [-0.3, -0.25) is 0 Å². The maximum Gasteiger partial charge on any atom is 0.114 e. The van der Waals surface area contributed by atoms with Crippen LogP contribution in [0.25, 0.3) is 22.2 Å². The number of nitrogens with zero attached hydrogens (tertiary/aromatic N) is 1. The SMILES string of the molecule is Cc1ccc2c(-c3ncsc3N)c[nH]c2c1C. The van der Waals surface area contributed by atoms with Crippen molar-refractivity contribution in [1.29, 1.82) is 0 Å². The highest BCUT2D eigenvalue weighted by atomic mass is 32.1. The van der Waals surface area contributed by atoms with Gasteiger partial charge in [0.05, 0.1) is 5.51 Å². The number of nitrogens with two attached hydrogens (primary N) is 1. The number of benzene rings is 1. The zero-order valence-electron chi connectivity index (χ0n) is 9.74. The van der Waals surface area contributed by atoms with Gasteiger partial charge in [-0.1, -0.05) is 12.1 Å². The van der Waals surface area contributed by atoms with Crippen molar-refractivity contribution in [2.45, 2.75) is 13.8 Å². The van der Waals surface area contributed by atoms with E-state index in [0.717, 1.165) is 16.3 Å². The van der Waals surface area contributed by atoms with Crippen molar-refractivity contribution in [3.8, 4) is 11.3 Å². The molecule has 1 aromatic carbocycles. The van der Waals surface area contributed by atoms with Gasteiger partial charge in [-0.05, 0) is 25.0 Å². The lowest BCUT2D eigenvalue weighted by molar-refractivity contribution is 1.34. The van der Waals surface area contributed by atoms with Gasteiger partial charge in [0.1, 0.15) is 10.7 Å². The van der Waals surface area contributed by atoms with Crippen LogP contribution >= 0.6 is 11.3 Å². The Balaban J connectivity index is 2.33. The van der Waals surface area contributed by atoms with Crippen LogP contribution in [-0.4, -0.2) is 9.97 Å². The summed E-state index contributed by atoms with van der Waals surface area (Å²) in [6.45, 7) is 4.24. The van der Waals surface area contributed by atoms with Crippen LogP contribution in [0, 0.1) is 13.8 Å². The Kier molecular flexibility index (Phi) is 2.19. The molecule has 3 aromatic rings. The molecule has 0 amide bonds. The molecule has 0 aliphatic carbocycles. The molecule has 0 spiro atoms. The van der Waals surface area contributed by atoms with E-state index in [4.69, 9.17) is 5.73 Å². The minimum Gasteiger partial charge on any atom is -0.389 e. The average molecular weight is 243 g/mol. The Morgan fingerprint density at radius 1 is 1.29 bits per heavy atom. The fraction of sp³-hybridized carbons (Fsp3) is 0.154. The summed E-state index contributed by atoms with van der Waals surface area (Å²) in [5, 5.41) is 1.95. The molecule has 17 heavy (non-hydrogen) atoms. The summed E-state index contributed by atoms with van der Waals surface area (Å²) in [6.07, 6.45) is 1.99. The number of nitrogens with one attached hydrogen (secondary N) is 1. The molecule has 0 atom stereocenters. The van der Waals surface area contributed by atoms with Gasteiger partial charge in [0.25, 0.3) is 0 Å². The van der Waals surface area contributed by atoms with E-state index in [2.05, 4.69) is 35.9 Å². The maximum atomic E-state index is 5.93. The van der Waals surface area contributed by atoms with Crippen LogP contribution in [0.15, 0.2) is 23.8 Å². The second-order valence-electron chi connectivity index (χ2n) is 4.20. The fourth-order valence-corrected chi connectivity index (χ4v) is 2.65. The van der Waals surface area contributed by atoms with E-state index in [9.17, 15) is 0 Å². The van der Waals surface area contributed by atoms with E-state index in [1.54, 1.807) is 5.51 Å². The molecule has 0 aliphatic heterocycles. The molecular formula is C13H13N3S. The number of hydrogen-bond acceptors (Lipinski definition) is 3. The first-order chi connectivity index (χ1) is 8.18. The lowest BCUT2D eigenvalue weighted by atomic mass is 10.0. The third-order valence-electron chi connectivity index (χ3n) is 3.24. The first-order valence-electron chi connectivity index (χ1n) is 5.45. The van der Waals surface area contributed by atoms with Crippen molar-refractivity contribution in [2.24, 2.45) is 0 Å². The molecule has 0 fully saturated rings. The molecule has 2 aromatic heterocycles. The number of nitrogen functional groups attached to an aromatic ring is 1. The highest BCUT2D eigenvalue weighted by Crippen LogP contribution is 2.34. The Morgan fingerprint density at radius 2 is 2.12 bits per heavy atom. The van der Waals surface area contributed by atoms with E-state index in [0.29, 0.717) is 0 Å². The third-order valence-corrected chi connectivity index (χ3v) is 3.89. The number of fused-ring (bicyclic) bond motifs is 1. The zero-order valence-corrected chi connectivity index (χ0v) is 10.6. The van der Waals surface area contributed by atoms with Gasteiger partial charge < -0.3 is 10.7 Å². The third kappa shape index (κ3) is 1.45. The minimum atomic E-state index is 0.768. The minimum absolute atomic E-state index is 0.768. The number of rotatable bonds is 1. The number of hydrogen-bond donors (Lipinski definition) is 2. The number of aromatic amines is 1. The summed E-state index contributed by atoms with van der Waals surface area (Å²) in [7, 11) is 0. The molecule has 0 unspecified atom stereocenters. The number of aryl methyl sites for hydroxylation is 2. The van der Waals surface area contributed by atoms with Crippen molar-refractivity contribution >= 4 is 27.2 Å². The Hall–Kier alpha value is -1.81. The Bertz CT molecular complexity index is 694. The lowest BCUT2D eigenvalue weighted by Crippen LogP contribution is -1.85. The first-order valence-corrected chi connectivity index (χ1v) is 6.33. The second kappa shape index (κ2) is 3.60. The smallest absolute Gasteiger partial charge is 0.114 e. The van der Waals surface area contributed by atoms with E-state index < -0.39 is 0 Å². The van der Waals surface area contributed by atoms with Gasteiger partial charge in [-0.25, -0.2) is 4.98 Å². The van der Waals surface area contributed by atoms with Crippen LogP contribution in [0.3, 0.4) is 0 Å². The summed E-state index contributed by atoms with van der Waals surface area (Å²) >= 11 is 1.47. The van der Waals surface area contributed by atoms with Gasteiger partial charge in [0, 0.05) is 22.7 Å². The molecule has 86 valence electrons. The molecule has 0 saturated carbocycles. The van der Waals surface area contributed by atoms with Crippen molar-refractivity contribution < 1.29 is 0 Å². The van der Waals surface area contributed by atoms with E-state index in [1.807, 2.05) is 6.20 Å². The second-order valence-corrected chi connectivity index (χ2v) is 5.08. The molecule has 4 heteroatoms. The van der Waals surface area contributed by atoms with Crippen molar-refractivity contribution in [2.75, 3.05) is 5.73 Å². The number of anilines is 1. The Morgan fingerprint density at radius 3 is 2.82 bits per heavy atom. The van der Waals surface area contributed by atoms with Crippen molar-refractivity contribution in [3.05, 3.63) is 35.0 Å². The van der Waals surface area contributed by atoms with Gasteiger partial charge in [-0.2, -0.15) is 0 Å². The summed E-state index contributed by atoms with van der Waals surface area (Å²) in [6, 6.07) is 4.26. The van der Waals surface area contributed by atoms with Gasteiger partial charge >= 0.3 is 0 Å². The monoisotopic (exact) mass is 243 g/mol. The van der Waals surface area contributed by atoms with E-state index in [-0.39, 0.29) is 0 Å². The normalized spacial score (nSPS) is 11.2. The molecular weight excluding hydrogens is 230 g/mol. The van der Waals surface area contributed by atoms with Crippen LogP contribution < -0.4 is 5.73 Å². The standard InChI is InChI=1S/C13H13N3S/c1-7-3-4-9-10(5-15-11(9)8(7)2)12-13(14)17-6-16-12/h3-6,15H,14H2,1-2H3. The van der Waals surface area contributed by atoms with Crippen LogP contribution in [0.4, 0.5) is 5.00 Å². The first kappa shape index (κ1) is 10.4. The summed E-state index contributed by atoms with van der Waals surface area (Å²) in [4.78, 5) is 7.66. The largest absolute Gasteiger partial charge is 0.389 e. The summed E-state index contributed by atoms with van der Waals surface area (Å²) in [5.74, 6) is 0. The molecule has 0 aliphatic rings.